The minimum atomic E-state index is -1.11. The largest absolute Gasteiger partial charge is 0.475 e. The molecule has 0 radical (unpaired) electrons. The van der Waals surface area contributed by atoms with Gasteiger partial charge in [0.2, 0.25) is 50.3 Å². The summed E-state index contributed by atoms with van der Waals surface area (Å²) in [5.74, 6) is 0.984. The third-order valence-corrected chi connectivity index (χ3v) is 28.1. The fourth-order valence-corrected chi connectivity index (χ4v) is 20.1. The molecule has 1 fully saturated rings. The highest BCUT2D eigenvalue weighted by Crippen LogP contribution is 2.46. The molecular weight excluding hydrogens is 1780 g/mol. The van der Waals surface area contributed by atoms with E-state index in [9.17, 15) is 29.4 Å². The molecule has 8 atom stereocenters. The maximum atomic E-state index is 13.8. The Morgan fingerprint density at radius 3 is 1.14 bits per heavy atom. The Balaban J connectivity index is 0.000000122. The molecule has 728 valence electrons. The topological polar surface area (TPSA) is 238 Å². The number of allylic oxidation sites excluding steroid dienone is 4. The number of carbonyl (C=O) groups is 4. The van der Waals surface area contributed by atoms with Gasteiger partial charge in [0.1, 0.15) is 0 Å². The van der Waals surface area contributed by atoms with E-state index in [1.807, 2.05) is 95.9 Å². The van der Waals surface area contributed by atoms with E-state index in [4.69, 9.17) is 56.8 Å². The summed E-state index contributed by atoms with van der Waals surface area (Å²) < 4.78 is 69.6. The van der Waals surface area contributed by atoms with E-state index in [1.165, 1.54) is 100 Å². The number of rotatable bonds is 29. The molecule has 21 heteroatoms. The monoisotopic (exact) mass is 1900 g/mol. The summed E-state index contributed by atoms with van der Waals surface area (Å²) >= 11 is 0. The van der Waals surface area contributed by atoms with Gasteiger partial charge in [-0.25, -0.2) is 9.59 Å². The first-order chi connectivity index (χ1) is 69.5. The number of ether oxygens (including phenoxy) is 12. The molecule has 3 N–H and O–H groups in total. The van der Waals surface area contributed by atoms with Gasteiger partial charge in [0.15, 0.2) is 34.5 Å². The van der Waals surface area contributed by atoms with E-state index in [0.29, 0.717) is 94.8 Å². The van der Waals surface area contributed by atoms with Crippen molar-refractivity contribution in [2.45, 2.75) is 193 Å². The normalized spacial score (nSPS) is 19.4. The number of nitrogens with one attached hydrogen (secondary N) is 1. The van der Waals surface area contributed by atoms with Crippen LogP contribution in [0.15, 0.2) is 314 Å². The standard InChI is InChI=1S/C36H40N2O5.C35H33NO3.C28H26O4.C22H22O6/c1-2-3-6-17-40-35-22-28(26-10-11-31-29(19-26)20-27-7-4-5-8-30(27)31)21-34(43-35)36(39)38-15-13-37(14-16-38)23-25-9-12-32-33(18-25)42-24-41-32;1-2-24-12-14-26(15-13-24)23-38-34-21-29(20-33(39-34)35(37)36-22-25-8-4-3-5-9-25)27-16-17-32-30(18-27)19-28-10-6-7-11-31(28)32;1-2-18-7-9-19(10-8-18)17-31-27-16-22(15-26(32-27)28(29)30)20-11-12-25-23(13-20)14-21-5-3-4-6-24(21)25;1-2-14-3-5-15(6-4-14)12-25-21-11-17(10-20(28-21)22(23)24)16-7-8-18-19(9-16)27-13-26-18/h4-5,7-12,18-19,21,28,35H,2-3,6,13-17,20,22-24H2,1H3;3-18,20,29,34H,2,19,21-23H2,1H3,(H,36,37);3-13,15,22,27H,2,14,16-17H2,1H3,(H,29,30);3-10,17,21H,2,11-13H2,1H3,(H,23,24)/t28-,35+;29-,34+;22-,27+;17-,21+/m1000/s1. The zero-order chi connectivity index (χ0) is 97.4. The lowest BCUT2D eigenvalue weighted by atomic mass is 9.90. The Morgan fingerprint density at radius 2 is 0.697 bits per heavy atom. The molecule has 12 aromatic rings. The average molecular weight is 1910 g/mol. The second-order valence-electron chi connectivity index (χ2n) is 37.6. The lowest BCUT2D eigenvalue weighted by molar-refractivity contribution is -0.160. The van der Waals surface area contributed by atoms with Crippen molar-refractivity contribution >= 4 is 23.8 Å². The Hall–Kier alpha value is -14.3. The number of unbranched alkanes of at least 4 members (excludes halogenated alkanes) is 2. The zero-order valence-electron chi connectivity index (χ0n) is 80.8. The number of fused-ring (bicyclic) bond motifs is 11. The predicted octanol–water partition coefficient (Wildman–Crippen LogP) is 23.1. The third kappa shape index (κ3) is 23.6. The van der Waals surface area contributed by atoms with E-state index in [-0.39, 0.29) is 60.6 Å². The molecule has 12 aromatic carbocycles. The molecule has 7 heterocycles. The maximum absolute atomic E-state index is 13.8. The number of amides is 2. The predicted molar refractivity (Wildman–Crippen MR) is 543 cm³/mol. The summed E-state index contributed by atoms with van der Waals surface area (Å²) in [5.41, 5.74) is 29.5. The Labute approximate surface area is 830 Å². The van der Waals surface area contributed by atoms with Gasteiger partial charge in [0.05, 0.1) is 26.4 Å². The molecule has 2 amide bonds. The average Bonchev–Trinajstić information content (AvgIpc) is 1.63. The van der Waals surface area contributed by atoms with Crippen molar-refractivity contribution in [1.82, 2.24) is 15.1 Å². The van der Waals surface area contributed by atoms with Crippen LogP contribution in [0.3, 0.4) is 0 Å². The molecule has 0 bridgehead atoms. The van der Waals surface area contributed by atoms with Crippen LogP contribution in [-0.2, 0) is 129 Å². The first-order valence-electron chi connectivity index (χ1n) is 50.0. The molecule has 0 unspecified atom stereocenters. The minimum absolute atomic E-state index is 0.0118. The number of hydrogen-bond donors (Lipinski definition) is 3. The molecule has 21 nitrogen and oxygen atoms in total. The van der Waals surface area contributed by atoms with Crippen LogP contribution in [0.2, 0.25) is 0 Å². The fraction of sp³-hybridized carbons (Fsp3) is 0.306. The van der Waals surface area contributed by atoms with Gasteiger partial charge >= 0.3 is 11.9 Å². The summed E-state index contributed by atoms with van der Waals surface area (Å²) in [7, 11) is 0. The fourth-order valence-electron chi connectivity index (χ4n) is 20.1. The van der Waals surface area contributed by atoms with Crippen molar-refractivity contribution in [2.75, 3.05) is 46.4 Å². The van der Waals surface area contributed by atoms with Gasteiger partial charge in [-0.2, -0.15) is 0 Å². The minimum Gasteiger partial charge on any atom is -0.475 e. The van der Waals surface area contributed by atoms with Gasteiger partial charge in [0, 0.05) is 88.6 Å². The summed E-state index contributed by atoms with van der Waals surface area (Å²) in [6, 6.07) is 92.3. The lowest BCUT2D eigenvalue weighted by Crippen LogP contribution is -2.49. The molecule has 10 aliphatic rings. The van der Waals surface area contributed by atoms with Crippen LogP contribution in [0.4, 0.5) is 0 Å². The first-order valence-corrected chi connectivity index (χ1v) is 50.0. The number of benzene rings is 12. The van der Waals surface area contributed by atoms with Gasteiger partial charge in [-0.3, -0.25) is 14.5 Å². The van der Waals surface area contributed by atoms with E-state index >= 15 is 0 Å². The van der Waals surface area contributed by atoms with Crippen LogP contribution in [0.1, 0.15) is 196 Å². The molecule has 0 spiro atoms. The third-order valence-electron chi connectivity index (χ3n) is 28.1. The molecular formula is C121H121N3O18. The van der Waals surface area contributed by atoms with E-state index in [0.717, 1.165) is 122 Å². The molecule has 142 heavy (non-hydrogen) atoms. The van der Waals surface area contributed by atoms with Gasteiger partial charge < -0.3 is 77.3 Å². The smallest absolute Gasteiger partial charge is 0.370 e. The van der Waals surface area contributed by atoms with Gasteiger partial charge in [-0.05, 0) is 227 Å². The van der Waals surface area contributed by atoms with Crippen LogP contribution < -0.4 is 24.3 Å². The van der Waals surface area contributed by atoms with E-state index < -0.39 is 37.1 Å². The highest BCUT2D eigenvalue weighted by Gasteiger charge is 2.38. The summed E-state index contributed by atoms with van der Waals surface area (Å²) in [6.07, 6.45) is 16.6. The molecule has 0 saturated carbocycles. The Kier molecular flexibility index (Phi) is 30.9. The number of carboxylic acids is 2. The first kappa shape index (κ1) is 96.5. The van der Waals surface area contributed by atoms with Crippen molar-refractivity contribution < 1.29 is 86.2 Å². The lowest BCUT2D eigenvalue weighted by Gasteiger charge is -2.36. The number of hydrogen-bond acceptors (Lipinski definition) is 17. The van der Waals surface area contributed by atoms with Gasteiger partial charge in [-0.15, -0.1) is 0 Å². The number of aryl methyl sites for hydroxylation is 3. The van der Waals surface area contributed by atoms with E-state index in [1.54, 1.807) is 12.2 Å². The van der Waals surface area contributed by atoms with Gasteiger partial charge in [0.25, 0.3) is 11.8 Å². The quantitative estimate of drug-likeness (QED) is 0.0369. The summed E-state index contributed by atoms with van der Waals surface area (Å²) in [5, 5.41) is 22.0. The van der Waals surface area contributed by atoms with Crippen molar-refractivity contribution in [3.05, 3.63) is 414 Å². The second kappa shape index (κ2) is 45.5. The van der Waals surface area contributed by atoms with Crippen LogP contribution in [0.25, 0.3) is 33.4 Å². The van der Waals surface area contributed by atoms with Crippen molar-refractivity contribution in [3.63, 3.8) is 0 Å². The SMILES string of the molecule is CCCCCO[C@@H]1C[C@H](c2ccc3c(c2)Cc2ccccc2-3)C=C(C(=O)N2CCN(Cc3ccc4c(c3)OCO4)CC2)O1.CCc1ccc(CO[C@H]2C[C@@H](c3ccc4c(c3)Cc3ccccc3-4)C=C(C(=O)NCc3ccccc3)O2)cc1.CCc1ccc(CO[C@H]2C[C@@H](c3ccc4c(c3)Cc3ccccc3-4)C=C(C(=O)O)O2)cc1.CCc1ccc(CO[C@H]2C[C@@H](c3ccc4c(c3)OCO4)C=C(C(=O)O)O2)cc1. The molecule has 1 saturated heterocycles. The second-order valence-corrected chi connectivity index (χ2v) is 37.6. The Bertz CT molecular complexity index is 6640. The molecule has 0 aromatic heterocycles. The van der Waals surface area contributed by atoms with Crippen LogP contribution in [0.5, 0.6) is 23.0 Å². The number of nitrogens with zero attached hydrogens (tertiary/aromatic N) is 2. The van der Waals surface area contributed by atoms with Crippen LogP contribution >= 0.6 is 0 Å². The number of carboxylic acid groups (broad SMARTS) is 2. The van der Waals surface area contributed by atoms with Crippen molar-refractivity contribution in [2.24, 2.45) is 0 Å². The molecule has 3 aliphatic carbocycles. The zero-order valence-corrected chi connectivity index (χ0v) is 80.8. The summed E-state index contributed by atoms with van der Waals surface area (Å²) in [4.78, 5) is 54.6. The maximum Gasteiger partial charge on any atom is 0.370 e. The summed E-state index contributed by atoms with van der Waals surface area (Å²) in [6.45, 7) is 15.1. The number of piperazine rings is 1. The van der Waals surface area contributed by atoms with Crippen LogP contribution in [0, 0.1) is 0 Å². The van der Waals surface area contributed by atoms with Crippen molar-refractivity contribution in [1.29, 1.82) is 0 Å². The van der Waals surface area contributed by atoms with Crippen molar-refractivity contribution in [3.8, 4) is 56.4 Å². The van der Waals surface area contributed by atoms with Crippen LogP contribution in [-0.4, -0.2) is 115 Å². The molecule has 7 aliphatic heterocycles. The highest BCUT2D eigenvalue weighted by molar-refractivity contribution is 5.93. The highest BCUT2D eigenvalue weighted by atomic mass is 16.7. The molecule has 22 rings (SSSR count). The van der Waals surface area contributed by atoms with Gasteiger partial charge in [-0.1, -0.05) is 283 Å². The number of aliphatic carboxylic acids is 2. The Morgan fingerprint density at radius 1 is 0.338 bits per heavy atom. The number of carbonyl (C=O) groups excluding carboxylic acids is 2. The van der Waals surface area contributed by atoms with E-state index in [2.05, 4.69) is 226 Å².